The van der Waals surface area contributed by atoms with Crippen LogP contribution in [0.5, 0.6) is 17.2 Å². The third-order valence-corrected chi connectivity index (χ3v) is 5.05. The summed E-state index contributed by atoms with van der Waals surface area (Å²) < 4.78 is 27.4. The highest BCUT2D eigenvalue weighted by Gasteiger charge is 2.37. The van der Waals surface area contributed by atoms with Gasteiger partial charge in [0.05, 0.1) is 33.7 Å². The van der Waals surface area contributed by atoms with Crippen LogP contribution in [0, 0.1) is 0 Å². The Balaban J connectivity index is 2.04. The average Bonchev–Trinajstić information content (AvgIpc) is 2.65. The number of benzene rings is 1. The molecule has 24 heavy (non-hydrogen) atoms. The van der Waals surface area contributed by atoms with Gasteiger partial charge in [-0.1, -0.05) is 6.07 Å². The van der Waals surface area contributed by atoms with E-state index < -0.39 is 0 Å². The number of aliphatic imine (C=N–C) groups is 2. The largest absolute Gasteiger partial charge is 0.493 e. The van der Waals surface area contributed by atoms with E-state index in [-0.39, 0.29) is 11.3 Å². The Kier molecular flexibility index (Phi) is 5.03. The fourth-order valence-electron chi connectivity index (χ4n) is 2.79. The number of hydrogen-bond donors (Lipinski definition) is 0. The highest BCUT2D eigenvalue weighted by molar-refractivity contribution is 7.99. The van der Waals surface area contributed by atoms with E-state index in [0.717, 1.165) is 5.56 Å². The molecule has 1 aromatic carbocycles. The second kappa shape index (κ2) is 7.21. The fraction of sp³-hybridized carbons (Fsp3) is 0.500. The van der Waals surface area contributed by atoms with Gasteiger partial charge in [-0.3, -0.25) is 0 Å². The molecule has 1 aromatic rings. The summed E-state index contributed by atoms with van der Waals surface area (Å²) in [5.41, 5.74) is 0.972. The predicted octanol–water partition coefficient (Wildman–Crippen LogP) is 2.30. The molecule has 0 radical (unpaired) electrons. The van der Waals surface area contributed by atoms with Gasteiger partial charge in [-0.15, -0.1) is 11.8 Å². The van der Waals surface area contributed by atoms with Crippen molar-refractivity contribution < 1.29 is 23.7 Å². The van der Waals surface area contributed by atoms with Gasteiger partial charge in [0.2, 0.25) is 17.5 Å². The Labute approximate surface area is 145 Å². The SMILES string of the molecule is COC1=NC(C2SCOc3c2ccc(OC)c3OC)C(OC)=NC1. The first-order valence-electron chi connectivity index (χ1n) is 7.41. The van der Waals surface area contributed by atoms with Gasteiger partial charge in [0.1, 0.15) is 18.5 Å². The van der Waals surface area contributed by atoms with Crippen LogP contribution in [-0.2, 0) is 9.47 Å². The van der Waals surface area contributed by atoms with Crippen molar-refractivity contribution in [2.45, 2.75) is 11.3 Å². The predicted molar refractivity (Wildman–Crippen MR) is 92.9 cm³/mol. The van der Waals surface area contributed by atoms with Crippen molar-refractivity contribution in [3.63, 3.8) is 0 Å². The molecule has 0 aliphatic carbocycles. The molecule has 0 N–H and O–H groups in total. The molecule has 8 heteroatoms. The number of hydrogen-bond acceptors (Lipinski definition) is 8. The van der Waals surface area contributed by atoms with Crippen LogP contribution in [0.2, 0.25) is 0 Å². The highest BCUT2D eigenvalue weighted by Crippen LogP contribution is 2.50. The molecule has 2 atom stereocenters. The quantitative estimate of drug-likeness (QED) is 0.831. The summed E-state index contributed by atoms with van der Waals surface area (Å²) in [6.45, 7) is 0.392. The number of nitrogens with zero attached hydrogens (tertiary/aromatic N) is 2. The minimum Gasteiger partial charge on any atom is -0.493 e. The molecule has 0 saturated heterocycles. The van der Waals surface area contributed by atoms with E-state index in [4.69, 9.17) is 23.7 Å². The third kappa shape index (κ3) is 2.86. The molecule has 0 bridgehead atoms. The Morgan fingerprint density at radius 1 is 1.08 bits per heavy atom. The van der Waals surface area contributed by atoms with Crippen molar-refractivity contribution in [2.24, 2.45) is 9.98 Å². The monoisotopic (exact) mass is 352 g/mol. The van der Waals surface area contributed by atoms with Gasteiger partial charge in [0, 0.05) is 5.56 Å². The Morgan fingerprint density at radius 2 is 1.92 bits per heavy atom. The van der Waals surface area contributed by atoms with Gasteiger partial charge in [-0.05, 0) is 6.07 Å². The molecule has 0 aromatic heterocycles. The summed E-state index contributed by atoms with van der Waals surface area (Å²) in [6.07, 6.45) is 0. The molecule has 7 nitrogen and oxygen atoms in total. The van der Waals surface area contributed by atoms with Crippen molar-refractivity contribution in [1.29, 1.82) is 0 Å². The van der Waals surface area contributed by atoms with Crippen molar-refractivity contribution in [1.82, 2.24) is 0 Å². The normalized spacial score (nSPS) is 22.5. The van der Waals surface area contributed by atoms with Crippen LogP contribution in [-0.4, -0.2) is 58.8 Å². The minimum absolute atomic E-state index is 0.0160. The molecular formula is C16H20N2O5S. The van der Waals surface area contributed by atoms with Crippen LogP contribution in [0.25, 0.3) is 0 Å². The Bertz CT molecular complexity index is 677. The topological polar surface area (TPSA) is 70.9 Å². The summed E-state index contributed by atoms with van der Waals surface area (Å²) in [5, 5.41) is -0.0160. The number of fused-ring (bicyclic) bond motifs is 1. The van der Waals surface area contributed by atoms with Gasteiger partial charge >= 0.3 is 0 Å². The van der Waals surface area contributed by atoms with Crippen molar-refractivity contribution in [2.75, 3.05) is 40.9 Å². The maximum absolute atomic E-state index is 5.83. The maximum Gasteiger partial charge on any atom is 0.210 e. The standard InChI is InChI=1S/C16H20N2O5S/c1-19-10-6-5-9-13(14(10)21-3)23-8-24-15(9)12-16(22-4)17-7-11(18-12)20-2/h5-6,12,15H,7-8H2,1-4H3. The molecule has 0 amide bonds. The number of methoxy groups -OCH3 is 4. The molecule has 0 fully saturated rings. The average molecular weight is 352 g/mol. The van der Waals surface area contributed by atoms with E-state index in [1.165, 1.54) is 0 Å². The lowest BCUT2D eigenvalue weighted by Gasteiger charge is -2.32. The molecular weight excluding hydrogens is 332 g/mol. The highest BCUT2D eigenvalue weighted by atomic mass is 32.2. The molecule has 130 valence electrons. The van der Waals surface area contributed by atoms with E-state index in [9.17, 15) is 0 Å². The third-order valence-electron chi connectivity index (χ3n) is 3.93. The summed E-state index contributed by atoms with van der Waals surface area (Å²) in [7, 11) is 6.41. The smallest absolute Gasteiger partial charge is 0.210 e. The van der Waals surface area contributed by atoms with Crippen LogP contribution in [0.15, 0.2) is 22.1 Å². The van der Waals surface area contributed by atoms with Gasteiger partial charge < -0.3 is 23.7 Å². The van der Waals surface area contributed by atoms with Gasteiger partial charge in [0.15, 0.2) is 11.5 Å². The van der Waals surface area contributed by atoms with E-state index >= 15 is 0 Å². The first kappa shape index (κ1) is 16.8. The van der Waals surface area contributed by atoms with Crippen molar-refractivity contribution >= 4 is 23.6 Å². The van der Waals surface area contributed by atoms with Crippen LogP contribution < -0.4 is 14.2 Å². The summed E-state index contributed by atoms with van der Waals surface area (Å²) in [6, 6.07) is 3.56. The summed E-state index contributed by atoms with van der Waals surface area (Å²) in [4.78, 5) is 9.10. The molecule has 3 rings (SSSR count). The first-order valence-corrected chi connectivity index (χ1v) is 8.46. The first-order chi connectivity index (χ1) is 11.7. The van der Waals surface area contributed by atoms with E-state index in [1.54, 1.807) is 40.2 Å². The Morgan fingerprint density at radius 3 is 2.58 bits per heavy atom. The fourth-order valence-corrected chi connectivity index (χ4v) is 3.85. The summed E-state index contributed by atoms with van der Waals surface area (Å²) in [5.74, 6) is 3.56. The molecule has 0 spiro atoms. The number of rotatable bonds is 3. The zero-order valence-electron chi connectivity index (χ0n) is 14.1. The van der Waals surface area contributed by atoms with Crippen molar-refractivity contribution in [3.05, 3.63) is 17.7 Å². The maximum atomic E-state index is 5.83. The molecule has 2 heterocycles. The Hall–Kier alpha value is -2.09. The molecule has 2 unspecified atom stereocenters. The van der Waals surface area contributed by atoms with Crippen molar-refractivity contribution in [3.8, 4) is 17.2 Å². The molecule has 2 aliphatic heterocycles. The lowest BCUT2D eigenvalue weighted by Crippen LogP contribution is -2.34. The van der Waals surface area contributed by atoms with E-state index in [2.05, 4.69) is 9.98 Å². The number of ether oxygens (including phenoxy) is 5. The summed E-state index contributed by atoms with van der Waals surface area (Å²) >= 11 is 1.63. The molecule has 2 aliphatic rings. The van der Waals surface area contributed by atoms with Gasteiger partial charge in [-0.25, -0.2) is 9.98 Å². The minimum atomic E-state index is -0.274. The second-order valence-corrected chi connectivity index (χ2v) is 6.18. The van der Waals surface area contributed by atoms with E-state index in [0.29, 0.717) is 41.5 Å². The van der Waals surface area contributed by atoms with Gasteiger partial charge in [0.25, 0.3) is 0 Å². The van der Waals surface area contributed by atoms with Gasteiger partial charge in [-0.2, -0.15) is 0 Å². The van der Waals surface area contributed by atoms with Crippen LogP contribution in [0.1, 0.15) is 10.8 Å². The molecule has 0 saturated carbocycles. The number of thioether (sulfide) groups is 1. The zero-order valence-corrected chi connectivity index (χ0v) is 14.9. The van der Waals surface area contributed by atoms with Crippen LogP contribution >= 0.6 is 11.8 Å². The van der Waals surface area contributed by atoms with E-state index in [1.807, 2.05) is 12.1 Å². The van der Waals surface area contributed by atoms with Crippen LogP contribution in [0.3, 0.4) is 0 Å². The lowest BCUT2D eigenvalue weighted by molar-refractivity contribution is 0.310. The zero-order chi connectivity index (χ0) is 17.1. The lowest BCUT2D eigenvalue weighted by atomic mass is 10.0. The second-order valence-electron chi connectivity index (χ2n) is 5.10. The van der Waals surface area contributed by atoms with Crippen LogP contribution in [0.4, 0.5) is 0 Å².